The number of carbonyl (C=O) groups excluding carboxylic acids is 1. The largest absolute Gasteiger partial charge is 0.324 e. The molecule has 4 nitrogen and oxygen atoms in total. The van der Waals surface area contributed by atoms with Crippen molar-refractivity contribution in [3.05, 3.63) is 82.3 Å². The van der Waals surface area contributed by atoms with Crippen LogP contribution in [0.1, 0.15) is 11.1 Å². The number of nitrogens with zero attached hydrogens (tertiary/aromatic N) is 2. The summed E-state index contributed by atoms with van der Waals surface area (Å²) in [5.74, 6) is 0.708. The Balaban J connectivity index is 1.71. The van der Waals surface area contributed by atoms with E-state index in [9.17, 15) is 4.79 Å². The van der Waals surface area contributed by atoms with Gasteiger partial charge >= 0.3 is 0 Å². The minimum absolute atomic E-state index is 0.0739. The highest BCUT2D eigenvalue weighted by molar-refractivity contribution is 9.10. The summed E-state index contributed by atoms with van der Waals surface area (Å²) in [6.07, 6.45) is 0. The standard InChI is InChI=1S/C23H20BrN3O/c1-15-7-8-16(2)20(13-15)25-22(28)14-27-21-6-4-3-5-19(21)26-23(27)17-9-11-18(24)12-10-17/h3-13H,14H2,1-2H3,(H,25,28). The second kappa shape index (κ2) is 7.60. The van der Waals surface area contributed by atoms with Crippen molar-refractivity contribution in [2.75, 3.05) is 5.32 Å². The van der Waals surface area contributed by atoms with Crippen LogP contribution >= 0.6 is 15.9 Å². The van der Waals surface area contributed by atoms with Crippen LogP contribution in [0.2, 0.25) is 0 Å². The summed E-state index contributed by atoms with van der Waals surface area (Å²) in [4.78, 5) is 17.6. The SMILES string of the molecule is Cc1ccc(C)c(NC(=O)Cn2c(-c3ccc(Br)cc3)nc3ccccc32)c1. The number of fused-ring (bicyclic) bond motifs is 1. The number of nitrogens with one attached hydrogen (secondary N) is 1. The van der Waals surface area contributed by atoms with Gasteiger partial charge in [0.1, 0.15) is 12.4 Å². The molecule has 1 heterocycles. The zero-order valence-corrected chi connectivity index (χ0v) is 17.3. The van der Waals surface area contributed by atoms with Gasteiger partial charge in [0.2, 0.25) is 5.91 Å². The van der Waals surface area contributed by atoms with E-state index in [2.05, 4.69) is 21.2 Å². The first-order valence-electron chi connectivity index (χ1n) is 9.09. The van der Waals surface area contributed by atoms with Crippen molar-refractivity contribution in [1.82, 2.24) is 9.55 Å². The third-order valence-electron chi connectivity index (χ3n) is 4.73. The van der Waals surface area contributed by atoms with Crippen LogP contribution < -0.4 is 5.32 Å². The van der Waals surface area contributed by atoms with Gasteiger partial charge in [0, 0.05) is 15.7 Å². The van der Waals surface area contributed by atoms with Gasteiger partial charge in [-0.25, -0.2) is 4.98 Å². The molecule has 3 aromatic carbocycles. The van der Waals surface area contributed by atoms with E-state index in [-0.39, 0.29) is 12.5 Å². The molecule has 0 bridgehead atoms. The number of anilines is 1. The predicted octanol–water partition coefficient (Wildman–Crippen LogP) is 5.72. The van der Waals surface area contributed by atoms with Crippen LogP contribution in [0.25, 0.3) is 22.4 Å². The number of hydrogen-bond donors (Lipinski definition) is 1. The molecule has 4 rings (SSSR count). The van der Waals surface area contributed by atoms with Crippen molar-refractivity contribution in [2.24, 2.45) is 0 Å². The quantitative estimate of drug-likeness (QED) is 0.447. The van der Waals surface area contributed by atoms with Crippen molar-refractivity contribution >= 4 is 38.6 Å². The average Bonchev–Trinajstić information content (AvgIpc) is 3.04. The molecule has 0 aliphatic heterocycles. The molecular formula is C23H20BrN3O. The molecule has 0 spiro atoms. The number of imidazole rings is 1. The van der Waals surface area contributed by atoms with E-state index in [0.717, 1.165) is 43.7 Å². The molecule has 1 amide bonds. The van der Waals surface area contributed by atoms with Crippen molar-refractivity contribution in [1.29, 1.82) is 0 Å². The molecule has 1 N–H and O–H groups in total. The summed E-state index contributed by atoms with van der Waals surface area (Å²) in [7, 11) is 0. The maximum atomic E-state index is 12.9. The molecule has 1 aromatic heterocycles. The van der Waals surface area contributed by atoms with E-state index < -0.39 is 0 Å². The van der Waals surface area contributed by atoms with Crippen LogP contribution in [-0.2, 0) is 11.3 Å². The van der Waals surface area contributed by atoms with Crippen molar-refractivity contribution in [2.45, 2.75) is 20.4 Å². The molecule has 5 heteroatoms. The number of para-hydroxylation sites is 2. The van der Waals surface area contributed by atoms with Gasteiger partial charge in [-0.2, -0.15) is 0 Å². The predicted molar refractivity (Wildman–Crippen MR) is 117 cm³/mol. The Morgan fingerprint density at radius 3 is 2.57 bits per heavy atom. The number of benzene rings is 3. The summed E-state index contributed by atoms with van der Waals surface area (Å²) in [6.45, 7) is 4.21. The Labute approximate surface area is 172 Å². The molecule has 0 fully saturated rings. The van der Waals surface area contributed by atoms with Crippen LogP contribution in [-0.4, -0.2) is 15.5 Å². The highest BCUT2D eigenvalue weighted by atomic mass is 79.9. The smallest absolute Gasteiger partial charge is 0.244 e. The van der Waals surface area contributed by atoms with E-state index >= 15 is 0 Å². The Bertz CT molecular complexity index is 1160. The van der Waals surface area contributed by atoms with Gasteiger partial charge in [0.05, 0.1) is 11.0 Å². The molecular weight excluding hydrogens is 414 g/mol. The van der Waals surface area contributed by atoms with Crippen LogP contribution in [0, 0.1) is 13.8 Å². The second-order valence-electron chi connectivity index (χ2n) is 6.88. The van der Waals surface area contributed by atoms with Crippen molar-refractivity contribution in [3.8, 4) is 11.4 Å². The monoisotopic (exact) mass is 433 g/mol. The number of aryl methyl sites for hydroxylation is 2. The third-order valence-corrected chi connectivity index (χ3v) is 5.25. The van der Waals surface area contributed by atoms with E-state index in [1.54, 1.807) is 0 Å². The summed E-state index contributed by atoms with van der Waals surface area (Å²) in [6, 6.07) is 21.9. The van der Waals surface area contributed by atoms with Gasteiger partial charge in [-0.15, -0.1) is 0 Å². The second-order valence-corrected chi connectivity index (χ2v) is 7.80. The lowest BCUT2D eigenvalue weighted by atomic mass is 10.1. The molecule has 4 aromatic rings. The van der Waals surface area contributed by atoms with Gasteiger partial charge in [0.25, 0.3) is 0 Å². The van der Waals surface area contributed by atoms with Gasteiger partial charge in [-0.05, 0) is 55.3 Å². The maximum absolute atomic E-state index is 12.9. The number of carbonyl (C=O) groups is 1. The normalized spacial score (nSPS) is 11.0. The molecule has 0 unspecified atom stereocenters. The molecule has 0 aliphatic carbocycles. The summed E-state index contributed by atoms with van der Waals surface area (Å²) in [5, 5.41) is 3.05. The number of rotatable bonds is 4. The van der Waals surface area contributed by atoms with E-state index in [4.69, 9.17) is 4.98 Å². The Hall–Kier alpha value is -2.92. The number of aromatic nitrogens is 2. The van der Waals surface area contributed by atoms with E-state index in [1.165, 1.54) is 0 Å². The first-order valence-corrected chi connectivity index (χ1v) is 9.89. The fourth-order valence-corrected chi connectivity index (χ4v) is 3.52. The minimum atomic E-state index is -0.0739. The van der Waals surface area contributed by atoms with Crippen LogP contribution in [0.4, 0.5) is 5.69 Å². The first kappa shape index (κ1) is 18.4. The molecule has 0 saturated carbocycles. The van der Waals surface area contributed by atoms with E-state index in [0.29, 0.717) is 0 Å². The summed E-state index contributed by atoms with van der Waals surface area (Å²) >= 11 is 3.47. The molecule has 0 aliphatic rings. The highest BCUT2D eigenvalue weighted by Crippen LogP contribution is 2.26. The third kappa shape index (κ3) is 3.71. The number of hydrogen-bond acceptors (Lipinski definition) is 2. The maximum Gasteiger partial charge on any atom is 0.244 e. The molecule has 28 heavy (non-hydrogen) atoms. The number of halogens is 1. The minimum Gasteiger partial charge on any atom is -0.324 e. The van der Waals surface area contributed by atoms with Crippen molar-refractivity contribution in [3.63, 3.8) is 0 Å². The van der Waals surface area contributed by atoms with Gasteiger partial charge in [-0.1, -0.05) is 52.3 Å². The summed E-state index contributed by atoms with van der Waals surface area (Å²) in [5.41, 5.74) is 5.79. The van der Waals surface area contributed by atoms with Crippen LogP contribution in [0.5, 0.6) is 0 Å². The first-order chi connectivity index (χ1) is 13.5. The zero-order chi connectivity index (χ0) is 19.7. The highest BCUT2D eigenvalue weighted by Gasteiger charge is 2.15. The van der Waals surface area contributed by atoms with Crippen LogP contribution in [0.3, 0.4) is 0 Å². The Kier molecular flexibility index (Phi) is 5.01. The van der Waals surface area contributed by atoms with Crippen molar-refractivity contribution < 1.29 is 4.79 Å². The average molecular weight is 434 g/mol. The van der Waals surface area contributed by atoms with Crippen LogP contribution in [0.15, 0.2) is 71.2 Å². The Morgan fingerprint density at radius 1 is 1.04 bits per heavy atom. The molecule has 140 valence electrons. The molecule has 0 radical (unpaired) electrons. The van der Waals surface area contributed by atoms with Gasteiger partial charge in [0.15, 0.2) is 0 Å². The Morgan fingerprint density at radius 2 is 1.79 bits per heavy atom. The molecule has 0 saturated heterocycles. The van der Waals surface area contributed by atoms with Gasteiger partial charge in [-0.3, -0.25) is 4.79 Å². The zero-order valence-electron chi connectivity index (χ0n) is 15.7. The fraction of sp³-hybridized carbons (Fsp3) is 0.130. The lowest BCUT2D eigenvalue weighted by Gasteiger charge is -2.12. The lowest BCUT2D eigenvalue weighted by molar-refractivity contribution is -0.116. The lowest BCUT2D eigenvalue weighted by Crippen LogP contribution is -2.20. The molecule has 0 atom stereocenters. The number of amides is 1. The topological polar surface area (TPSA) is 46.9 Å². The fourth-order valence-electron chi connectivity index (χ4n) is 3.26. The summed E-state index contributed by atoms with van der Waals surface area (Å²) < 4.78 is 2.98. The van der Waals surface area contributed by atoms with E-state index in [1.807, 2.05) is 85.1 Å². The van der Waals surface area contributed by atoms with Gasteiger partial charge < -0.3 is 9.88 Å².